The third-order valence-corrected chi connectivity index (χ3v) is 5.56. The summed E-state index contributed by atoms with van der Waals surface area (Å²) < 4.78 is 1.95. The molecule has 1 saturated carbocycles. The van der Waals surface area contributed by atoms with E-state index in [9.17, 15) is 14.4 Å². The predicted molar refractivity (Wildman–Crippen MR) is 103 cm³/mol. The van der Waals surface area contributed by atoms with Crippen LogP contribution in [0, 0.1) is 0 Å². The van der Waals surface area contributed by atoms with Crippen LogP contribution in [0.3, 0.4) is 0 Å². The number of hydrogen-bond acceptors (Lipinski definition) is 4. The maximum atomic E-state index is 12.8. The molecule has 28 heavy (non-hydrogen) atoms. The Hall–Kier alpha value is -2.96. The number of hydrogen-bond donors (Lipinski definition) is 1. The molecule has 4 rings (SSSR count). The van der Waals surface area contributed by atoms with Gasteiger partial charge in [-0.15, -0.1) is 0 Å². The topological polar surface area (TPSA) is 84.3 Å². The lowest BCUT2D eigenvalue weighted by molar-refractivity contribution is 0.0549. The van der Waals surface area contributed by atoms with Crippen LogP contribution in [0.15, 0.2) is 36.9 Å². The third-order valence-electron chi connectivity index (χ3n) is 5.56. The lowest BCUT2D eigenvalue weighted by Gasteiger charge is -2.29. The minimum absolute atomic E-state index is 0.0124. The van der Waals surface area contributed by atoms with Crippen molar-refractivity contribution in [2.24, 2.45) is 0 Å². The number of aryl methyl sites for hydroxylation is 1. The van der Waals surface area contributed by atoms with Crippen molar-refractivity contribution in [3.8, 4) is 0 Å². The van der Waals surface area contributed by atoms with Gasteiger partial charge in [0.1, 0.15) is 0 Å². The van der Waals surface area contributed by atoms with Crippen molar-refractivity contribution in [1.82, 2.24) is 19.8 Å². The Kier molecular flexibility index (Phi) is 5.23. The molecule has 1 N–H and O–H groups in total. The first-order valence-corrected chi connectivity index (χ1v) is 9.91. The summed E-state index contributed by atoms with van der Waals surface area (Å²) in [6, 6.07) is 4.78. The zero-order valence-corrected chi connectivity index (χ0v) is 15.8. The monoisotopic (exact) mass is 380 g/mol. The quantitative estimate of drug-likeness (QED) is 0.617. The van der Waals surface area contributed by atoms with Crippen LogP contribution in [0.5, 0.6) is 0 Å². The summed E-state index contributed by atoms with van der Waals surface area (Å²) in [6.45, 7) is 1.29. The molecule has 3 amide bonds. The largest absolute Gasteiger partial charge is 0.352 e. The highest BCUT2D eigenvalue weighted by molar-refractivity contribution is 6.22. The van der Waals surface area contributed by atoms with Crippen LogP contribution in [0.1, 0.15) is 69.6 Å². The number of fused-ring (bicyclic) bond motifs is 1. The zero-order chi connectivity index (χ0) is 19.5. The van der Waals surface area contributed by atoms with E-state index in [1.165, 1.54) is 4.90 Å². The minimum atomic E-state index is -0.262. The summed E-state index contributed by atoms with van der Waals surface area (Å²) in [5.74, 6) is -0.717. The molecule has 2 heterocycles. The highest BCUT2D eigenvalue weighted by atomic mass is 16.2. The molecule has 0 unspecified atom stereocenters. The first-order valence-electron chi connectivity index (χ1n) is 9.91. The maximum absolute atomic E-state index is 12.8. The molecule has 7 nitrogen and oxygen atoms in total. The summed E-state index contributed by atoms with van der Waals surface area (Å²) >= 11 is 0. The molecule has 146 valence electrons. The van der Waals surface area contributed by atoms with Crippen LogP contribution >= 0.6 is 0 Å². The van der Waals surface area contributed by atoms with E-state index < -0.39 is 0 Å². The molecule has 0 bridgehead atoms. The number of imide groups is 1. The van der Waals surface area contributed by atoms with Crippen LogP contribution in [-0.4, -0.2) is 44.8 Å². The van der Waals surface area contributed by atoms with Gasteiger partial charge in [0.15, 0.2) is 0 Å². The van der Waals surface area contributed by atoms with Crippen molar-refractivity contribution >= 4 is 17.7 Å². The molecule has 0 spiro atoms. The second-order valence-electron chi connectivity index (χ2n) is 7.44. The Labute approximate surface area is 163 Å². The molecule has 1 aromatic heterocycles. The van der Waals surface area contributed by atoms with Crippen LogP contribution < -0.4 is 5.32 Å². The molecule has 1 aliphatic heterocycles. The molecule has 0 saturated heterocycles. The third kappa shape index (κ3) is 3.56. The van der Waals surface area contributed by atoms with E-state index in [2.05, 4.69) is 10.3 Å². The van der Waals surface area contributed by atoms with Crippen LogP contribution in [-0.2, 0) is 6.54 Å². The Morgan fingerprint density at radius 3 is 2.64 bits per heavy atom. The number of aromatic nitrogens is 2. The van der Waals surface area contributed by atoms with Crippen LogP contribution in [0.4, 0.5) is 0 Å². The second kappa shape index (κ2) is 7.96. The van der Waals surface area contributed by atoms with Gasteiger partial charge in [-0.25, -0.2) is 4.98 Å². The molecule has 7 heteroatoms. The highest BCUT2D eigenvalue weighted by Crippen LogP contribution is 2.31. The van der Waals surface area contributed by atoms with Gasteiger partial charge in [0.25, 0.3) is 17.7 Å². The number of carbonyl (C=O) groups is 3. The van der Waals surface area contributed by atoms with Gasteiger partial charge in [0, 0.05) is 37.1 Å². The molecular formula is C21H24N4O3. The fraction of sp³-hybridized carbons (Fsp3) is 0.429. The number of benzene rings is 1. The molecule has 1 aliphatic carbocycles. The molecule has 0 atom stereocenters. The van der Waals surface area contributed by atoms with Gasteiger partial charge >= 0.3 is 0 Å². The van der Waals surface area contributed by atoms with Gasteiger partial charge in [-0.05, 0) is 37.5 Å². The Morgan fingerprint density at radius 2 is 1.89 bits per heavy atom. The standard InChI is InChI=1S/C21H24N4O3/c26-19(23-9-4-11-24-12-10-22-14-24)15-7-8-17-18(13-15)21(28)25(20(17)27)16-5-2-1-3-6-16/h7-8,10,12-14,16H,1-6,9,11H2,(H,23,26). The Balaban J connectivity index is 1.40. The highest BCUT2D eigenvalue weighted by Gasteiger charge is 2.40. The average molecular weight is 380 g/mol. The van der Waals surface area contributed by atoms with E-state index in [4.69, 9.17) is 0 Å². The van der Waals surface area contributed by atoms with E-state index >= 15 is 0 Å². The molecule has 2 aliphatic rings. The fourth-order valence-corrected chi connectivity index (χ4v) is 4.06. The molecule has 1 fully saturated rings. The summed E-state index contributed by atoms with van der Waals surface area (Å²) in [5, 5.41) is 2.87. The lowest BCUT2D eigenvalue weighted by Crippen LogP contribution is -2.40. The van der Waals surface area contributed by atoms with Crippen molar-refractivity contribution in [2.45, 2.75) is 51.1 Å². The van der Waals surface area contributed by atoms with Crippen molar-refractivity contribution in [3.05, 3.63) is 53.6 Å². The van der Waals surface area contributed by atoms with Crippen molar-refractivity contribution in [1.29, 1.82) is 0 Å². The van der Waals surface area contributed by atoms with E-state index in [1.807, 2.05) is 10.8 Å². The minimum Gasteiger partial charge on any atom is -0.352 e. The summed E-state index contributed by atoms with van der Waals surface area (Å²) in [7, 11) is 0. The first-order chi connectivity index (χ1) is 13.6. The maximum Gasteiger partial charge on any atom is 0.261 e. The Morgan fingerprint density at radius 1 is 1.11 bits per heavy atom. The number of imidazole rings is 1. The van der Waals surface area contributed by atoms with E-state index in [0.29, 0.717) is 23.2 Å². The van der Waals surface area contributed by atoms with E-state index in [1.54, 1.807) is 30.7 Å². The summed E-state index contributed by atoms with van der Waals surface area (Å²) in [4.78, 5) is 43.4. The van der Waals surface area contributed by atoms with Crippen molar-refractivity contribution in [2.75, 3.05) is 6.54 Å². The molecule has 1 aromatic carbocycles. The summed E-state index contributed by atoms with van der Waals surface area (Å²) in [6.07, 6.45) is 11.1. The predicted octanol–water partition coefficient (Wildman–Crippen LogP) is 2.63. The summed E-state index contributed by atoms with van der Waals surface area (Å²) in [5.41, 5.74) is 1.17. The SMILES string of the molecule is O=C(NCCCn1ccnc1)c1ccc2c(c1)C(=O)N(C1CCCCC1)C2=O. The van der Waals surface area contributed by atoms with Gasteiger partial charge in [0.05, 0.1) is 17.5 Å². The average Bonchev–Trinajstić information content (AvgIpc) is 3.32. The van der Waals surface area contributed by atoms with Crippen molar-refractivity contribution < 1.29 is 14.4 Å². The number of amides is 3. The van der Waals surface area contributed by atoms with Crippen LogP contribution in [0.25, 0.3) is 0 Å². The smallest absolute Gasteiger partial charge is 0.261 e. The van der Waals surface area contributed by atoms with E-state index in [0.717, 1.165) is 45.1 Å². The Bertz CT molecular complexity index is 885. The van der Waals surface area contributed by atoms with Gasteiger partial charge in [-0.2, -0.15) is 0 Å². The molecule has 2 aromatic rings. The van der Waals surface area contributed by atoms with Gasteiger partial charge < -0.3 is 9.88 Å². The second-order valence-corrected chi connectivity index (χ2v) is 7.44. The fourth-order valence-electron chi connectivity index (χ4n) is 4.06. The number of carbonyl (C=O) groups excluding carboxylic acids is 3. The molecule has 0 radical (unpaired) electrons. The number of rotatable bonds is 6. The van der Waals surface area contributed by atoms with Gasteiger partial charge in [0.2, 0.25) is 0 Å². The van der Waals surface area contributed by atoms with Crippen LogP contribution in [0.2, 0.25) is 0 Å². The lowest BCUT2D eigenvalue weighted by atomic mass is 9.94. The normalized spacial score (nSPS) is 17.1. The first kappa shape index (κ1) is 18.4. The van der Waals surface area contributed by atoms with Crippen molar-refractivity contribution in [3.63, 3.8) is 0 Å². The van der Waals surface area contributed by atoms with Gasteiger partial charge in [-0.3, -0.25) is 19.3 Å². The van der Waals surface area contributed by atoms with Gasteiger partial charge in [-0.1, -0.05) is 19.3 Å². The zero-order valence-electron chi connectivity index (χ0n) is 15.8. The number of nitrogens with one attached hydrogen (secondary N) is 1. The van der Waals surface area contributed by atoms with E-state index in [-0.39, 0.29) is 23.8 Å². The number of nitrogens with zero attached hydrogens (tertiary/aromatic N) is 3. The molecular weight excluding hydrogens is 356 g/mol.